The normalized spacial score (nSPS) is 22.2. The molecule has 2 rings (SSSR count). The highest BCUT2D eigenvalue weighted by atomic mass is 16.1. The number of carbonyl (C=O) groups excluding carboxylic acids is 1. The van der Waals surface area contributed by atoms with Crippen LogP contribution in [0.5, 0.6) is 0 Å². The van der Waals surface area contributed by atoms with E-state index in [1.807, 2.05) is 0 Å². The Labute approximate surface area is 44.3 Å². The van der Waals surface area contributed by atoms with Crippen molar-refractivity contribution in [3.63, 3.8) is 0 Å². The molecule has 0 fully saturated rings. The molecule has 0 amide bonds. The largest absolute Gasteiger partial charge is 0.288 e. The number of aromatic nitrogens is 4. The fraction of sp³-hybridized carbons (Fsp3) is 0.333. The predicted octanol–water partition coefficient (Wildman–Crippen LogP) is -1.31. The molecule has 8 heavy (non-hydrogen) atoms. The zero-order valence-electron chi connectivity index (χ0n) is 3.77. The number of fused-ring (bicyclic) bond motifs is 1. The molecule has 1 radical (unpaired) electrons. The Morgan fingerprint density at radius 1 is 1.75 bits per heavy atom. The first kappa shape index (κ1) is 3.71. The molecular formula is C3HN4O. The average molecular weight is 109 g/mol. The summed E-state index contributed by atoms with van der Waals surface area (Å²) >= 11 is 0. The van der Waals surface area contributed by atoms with Gasteiger partial charge in [-0.05, 0) is 10.4 Å². The number of tetrazole rings is 1. The third-order valence-electron chi connectivity index (χ3n) is 1.05. The summed E-state index contributed by atoms with van der Waals surface area (Å²) < 4.78 is 1.41. The molecule has 1 aliphatic rings. The smallest absolute Gasteiger partial charge is 0.233 e. The highest BCUT2D eigenvalue weighted by molar-refractivity contribution is 5.65. The molecule has 5 nitrogen and oxygen atoms in total. The molecule has 5 heteroatoms. The van der Waals surface area contributed by atoms with Crippen molar-refractivity contribution in [1.82, 2.24) is 20.2 Å². The van der Waals surface area contributed by atoms with Crippen molar-refractivity contribution in [3.8, 4) is 0 Å². The van der Waals surface area contributed by atoms with Crippen LogP contribution >= 0.6 is 0 Å². The Bertz CT molecular complexity index is 210. The van der Waals surface area contributed by atoms with E-state index in [1.54, 1.807) is 6.29 Å². The van der Waals surface area contributed by atoms with E-state index >= 15 is 0 Å². The monoisotopic (exact) mass is 109 g/mol. The lowest BCUT2D eigenvalue weighted by Crippen LogP contribution is -1.89. The van der Waals surface area contributed by atoms with Crippen molar-refractivity contribution < 1.29 is 4.79 Å². The Balaban J connectivity index is 2.42. The lowest BCUT2D eigenvalue weighted by molar-refractivity contribution is 0.543. The first-order valence-electron chi connectivity index (χ1n) is 2.09. The number of hydrogen-bond donors (Lipinski definition) is 0. The number of nitrogens with zero attached hydrogens (tertiary/aromatic N) is 4. The SMILES string of the molecule is O=[C]C1c2nnnn21. The van der Waals surface area contributed by atoms with E-state index in [1.165, 1.54) is 4.68 Å². The average Bonchev–Trinajstić information content (AvgIpc) is 2.22. The van der Waals surface area contributed by atoms with E-state index < -0.39 is 0 Å². The van der Waals surface area contributed by atoms with Gasteiger partial charge in [0.05, 0.1) is 0 Å². The van der Waals surface area contributed by atoms with Crippen molar-refractivity contribution in [1.29, 1.82) is 0 Å². The van der Waals surface area contributed by atoms with Gasteiger partial charge in [-0.2, -0.15) is 0 Å². The summed E-state index contributed by atoms with van der Waals surface area (Å²) in [6, 6.07) is -0.313. The third-order valence-corrected chi connectivity index (χ3v) is 1.05. The van der Waals surface area contributed by atoms with Gasteiger partial charge in [0.2, 0.25) is 6.29 Å². The van der Waals surface area contributed by atoms with Gasteiger partial charge in [0.1, 0.15) is 0 Å². The summed E-state index contributed by atoms with van der Waals surface area (Å²) in [5, 5.41) is 10.2. The predicted molar refractivity (Wildman–Crippen MR) is 21.6 cm³/mol. The van der Waals surface area contributed by atoms with E-state index in [0.717, 1.165) is 0 Å². The molecule has 1 unspecified atom stereocenters. The lowest BCUT2D eigenvalue weighted by Gasteiger charge is -1.69. The summed E-state index contributed by atoms with van der Waals surface area (Å²) in [7, 11) is 0. The van der Waals surface area contributed by atoms with E-state index in [-0.39, 0.29) is 6.04 Å². The molecule has 1 aliphatic heterocycles. The van der Waals surface area contributed by atoms with Gasteiger partial charge in [0.25, 0.3) is 0 Å². The van der Waals surface area contributed by atoms with Crippen LogP contribution in [-0.2, 0) is 4.79 Å². The summed E-state index contributed by atoms with van der Waals surface area (Å²) in [6.07, 6.45) is 1.73. The fourth-order valence-corrected chi connectivity index (χ4v) is 0.585. The van der Waals surface area contributed by atoms with Gasteiger partial charge in [0, 0.05) is 0 Å². The van der Waals surface area contributed by atoms with Crippen molar-refractivity contribution >= 4 is 6.29 Å². The third kappa shape index (κ3) is 0.237. The summed E-state index contributed by atoms with van der Waals surface area (Å²) in [4.78, 5) is 9.83. The molecule has 39 valence electrons. The molecule has 0 N–H and O–H groups in total. The summed E-state index contributed by atoms with van der Waals surface area (Å²) in [6.45, 7) is 0. The highest BCUT2D eigenvalue weighted by Gasteiger charge is 2.37. The lowest BCUT2D eigenvalue weighted by atomic mass is 10.5. The van der Waals surface area contributed by atoms with Crippen LogP contribution in [0.2, 0.25) is 0 Å². The first-order chi connectivity index (χ1) is 3.93. The second-order valence-corrected chi connectivity index (χ2v) is 1.50. The first-order valence-corrected chi connectivity index (χ1v) is 2.09. The second kappa shape index (κ2) is 0.936. The van der Waals surface area contributed by atoms with E-state index in [9.17, 15) is 4.79 Å². The topological polar surface area (TPSA) is 60.7 Å². The van der Waals surface area contributed by atoms with Crippen molar-refractivity contribution in [3.05, 3.63) is 5.82 Å². The van der Waals surface area contributed by atoms with Gasteiger partial charge >= 0.3 is 0 Å². The van der Waals surface area contributed by atoms with Crippen LogP contribution in [0.4, 0.5) is 0 Å². The molecule has 0 spiro atoms. The number of hydrogen-bond acceptors (Lipinski definition) is 4. The summed E-state index contributed by atoms with van der Waals surface area (Å²) in [5.41, 5.74) is 0. The van der Waals surface area contributed by atoms with Crippen LogP contribution in [0, 0.1) is 0 Å². The maximum Gasteiger partial charge on any atom is 0.233 e. The van der Waals surface area contributed by atoms with Crippen molar-refractivity contribution in [2.75, 3.05) is 0 Å². The molecule has 1 aromatic rings. The quantitative estimate of drug-likeness (QED) is 0.449. The Morgan fingerprint density at radius 2 is 2.62 bits per heavy atom. The molecule has 2 heterocycles. The molecule has 1 atom stereocenters. The van der Waals surface area contributed by atoms with Gasteiger partial charge in [-0.25, -0.2) is 4.68 Å². The zero-order valence-corrected chi connectivity index (χ0v) is 3.77. The van der Waals surface area contributed by atoms with Gasteiger partial charge in [-0.15, -0.1) is 5.10 Å². The van der Waals surface area contributed by atoms with Crippen LogP contribution in [0.15, 0.2) is 0 Å². The molecule has 0 saturated carbocycles. The van der Waals surface area contributed by atoms with E-state index in [0.29, 0.717) is 5.82 Å². The maximum absolute atomic E-state index is 9.83. The fourth-order valence-electron chi connectivity index (χ4n) is 0.585. The van der Waals surface area contributed by atoms with Gasteiger partial charge in [-0.3, -0.25) is 4.79 Å². The van der Waals surface area contributed by atoms with Gasteiger partial charge in [-0.1, -0.05) is 0 Å². The molecule has 1 aromatic heterocycles. The van der Waals surface area contributed by atoms with Crippen LogP contribution in [0.3, 0.4) is 0 Å². The minimum atomic E-state index is -0.313. The van der Waals surface area contributed by atoms with Crippen LogP contribution in [0.25, 0.3) is 0 Å². The maximum atomic E-state index is 9.83. The van der Waals surface area contributed by atoms with Crippen LogP contribution in [0.1, 0.15) is 11.9 Å². The molecule has 0 saturated heterocycles. The van der Waals surface area contributed by atoms with Crippen LogP contribution < -0.4 is 0 Å². The van der Waals surface area contributed by atoms with Gasteiger partial charge in [0.15, 0.2) is 11.9 Å². The minimum absolute atomic E-state index is 0.313. The van der Waals surface area contributed by atoms with Gasteiger partial charge < -0.3 is 0 Å². The van der Waals surface area contributed by atoms with E-state index in [2.05, 4.69) is 15.5 Å². The standard InChI is InChI=1S/C3HN4O/c8-1-2-3-4-5-6-7(2)3/h2H. The Hall–Kier alpha value is -1.26. The molecule has 0 aliphatic carbocycles. The minimum Gasteiger partial charge on any atom is -0.288 e. The molecular weight excluding hydrogens is 108 g/mol. The zero-order chi connectivity index (χ0) is 5.56. The summed E-state index contributed by atoms with van der Waals surface area (Å²) in [5.74, 6) is 0.611. The Kier molecular flexibility index (Phi) is 0.434. The Morgan fingerprint density at radius 3 is 3.00 bits per heavy atom. The van der Waals surface area contributed by atoms with E-state index in [4.69, 9.17) is 0 Å². The van der Waals surface area contributed by atoms with Crippen molar-refractivity contribution in [2.24, 2.45) is 0 Å². The van der Waals surface area contributed by atoms with Crippen LogP contribution in [-0.4, -0.2) is 26.5 Å². The van der Waals surface area contributed by atoms with Crippen molar-refractivity contribution in [2.45, 2.75) is 6.04 Å². The number of rotatable bonds is 1. The molecule has 0 aromatic carbocycles. The second-order valence-electron chi connectivity index (χ2n) is 1.50. The molecule has 0 bridgehead atoms. The highest BCUT2D eigenvalue weighted by Crippen LogP contribution is 2.25.